The Bertz CT molecular complexity index is 1160. The van der Waals surface area contributed by atoms with Crippen LogP contribution in [0, 0.1) is 5.41 Å². The van der Waals surface area contributed by atoms with Gasteiger partial charge in [0.2, 0.25) is 0 Å². The molecule has 2 aromatic rings. The van der Waals surface area contributed by atoms with Crippen molar-refractivity contribution in [1.82, 2.24) is 9.97 Å². The van der Waals surface area contributed by atoms with Crippen LogP contribution in [0.15, 0.2) is 39.4 Å². The highest BCUT2D eigenvalue weighted by Crippen LogP contribution is 2.48. The van der Waals surface area contributed by atoms with E-state index in [2.05, 4.69) is 38.0 Å². The zero-order valence-electron chi connectivity index (χ0n) is 17.9. The van der Waals surface area contributed by atoms with E-state index in [1.807, 2.05) is 6.07 Å². The van der Waals surface area contributed by atoms with Crippen molar-refractivity contribution in [2.24, 2.45) is 5.41 Å². The number of aromatic amines is 1. The van der Waals surface area contributed by atoms with E-state index in [0.29, 0.717) is 50.2 Å². The molecule has 31 heavy (non-hydrogen) atoms. The van der Waals surface area contributed by atoms with Crippen molar-refractivity contribution in [3.8, 4) is 0 Å². The smallest absolute Gasteiger partial charge is 0.257 e. The van der Waals surface area contributed by atoms with Crippen LogP contribution < -0.4 is 10.9 Å². The first-order chi connectivity index (χ1) is 14.6. The van der Waals surface area contributed by atoms with Crippen LogP contribution in [0.5, 0.6) is 0 Å². The molecule has 0 saturated carbocycles. The van der Waals surface area contributed by atoms with E-state index in [0.717, 1.165) is 17.7 Å². The molecule has 2 aliphatic rings. The van der Waals surface area contributed by atoms with Gasteiger partial charge in [-0.25, -0.2) is 4.98 Å². The molecule has 0 spiro atoms. The fraction of sp³-hybridized carbons (Fsp3) is 0.435. The number of ketones is 1. The second-order valence-corrected chi connectivity index (χ2v) is 11.3. The zero-order valence-corrected chi connectivity index (χ0v) is 20.3. The summed E-state index contributed by atoms with van der Waals surface area (Å²) in [6, 6.07) is 5.27. The lowest BCUT2D eigenvalue weighted by molar-refractivity contribution is -0.118. The lowest BCUT2D eigenvalue weighted by atomic mass is 9.69. The SMILES string of the molecule is CCC(C)Sc1nc2c(c(=O)[nH]1)C(c1ccc(Cl)c(Cl)c1)C1=C(CC(C)(C)CC1=O)N2. The van der Waals surface area contributed by atoms with Gasteiger partial charge < -0.3 is 10.3 Å². The minimum Gasteiger partial charge on any atom is -0.343 e. The molecule has 2 atom stereocenters. The normalized spacial score (nSPS) is 20.7. The molecular formula is C23H25Cl2N3O2S. The van der Waals surface area contributed by atoms with Gasteiger partial charge >= 0.3 is 0 Å². The van der Waals surface area contributed by atoms with Crippen LogP contribution in [0.1, 0.15) is 64.0 Å². The number of Topliss-reactive ketones (excluding diaryl/α,β-unsaturated/α-hetero) is 1. The first-order valence-electron chi connectivity index (χ1n) is 10.4. The number of benzene rings is 1. The molecule has 5 nitrogen and oxygen atoms in total. The van der Waals surface area contributed by atoms with Gasteiger partial charge in [-0.3, -0.25) is 9.59 Å². The van der Waals surface area contributed by atoms with Crippen molar-refractivity contribution in [1.29, 1.82) is 0 Å². The van der Waals surface area contributed by atoms with Crippen molar-refractivity contribution in [3.05, 3.63) is 61.0 Å². The molecular weight excluding hydrogens is 453 g/mol. The number of carbonyl (C=O) groups excluding carboxylic acids is 1. The Morgan fingerprint density at radius 2 is 1.97 bits per heavy atom. The molecule has 2 unspecified atom stereocenters. The van der Waals surface area contributed by atoms with Gasteiger partial charge in [0.25, 0.3) is 5.56 Å². The number of carbonyl (C=O) groups is 1. The van der Waals surface area contributed by atoms with Gasteiger partial charge in [0.1, 0.15) is 5.82 Å². The highest BCUT2D eigenvalue weighted by Gasteiger charge is 2.42. The third-order valence-corrected chi connectivity index (χ3v) is 7.76. The van der Waals surface area contributed by atoms with Gasteiger partial charge in [-0.2, -0.15) is 0 Å². The van der Waals surface area contributed by atoms with Crippen molar-refractivity contribution in [3.63, 3.8) is 0 Å². The number of hydrogen-bond donors (Lipinski definition) is 2. The average molecular weight is 478 g/mol. The van der Waals surface area contributed by atoms with Gasteiger partial charge in [0.15, 0.2) is 10.9 Å². The Balaban J connectivity index is 1.92. The van der Waals surface area contributed by atoms with Crippen molar-refractivity contribution in [2.75, 3.05) is 5.32 Å². The summed E-state index contributed by atoms with van der Waals surface area (Å²) in [4.78, 5) is 34.2. The van der Waals surface area contributed by atoms with E-state index in [4.69, 9.17) is 28.2 Å². The summed E-state index contributed by atoms with van der Waals surface area (Å²) in [6.07, 6.45) is 2.09. The number of thioether (sulfide) groups is 1. The van der Waals surface area contributed by atoms with Gasteiger partial charge in [0.05, 0.1) is 15.6 Å². The number of fused-ring (bicyclic) bond motifs is 1. The molecule has 8 heteroatoms. The summed E-state index contributed by atoms with van der Waals surface area (Å²) in [6.45, 7) is 8.35. The maximum Gasteiger partial charge on any atom is 0.257 e. The second kappa shape index (κ2) is 8.30. The van der Waals surface area contributed by atoms with Crippen LogP contribution in [-0.2, 0) is 4.79 Å². The summed E-state index contributed by atoms with van der Waals surface area (Å²) in [5.41, 5.74) is 2.25. The first-order valence-corrected chi connectivity index (χ1v) is 12.0. The summed E-state index contributed by atoms with van der Waals surface area (Å²) < 4.78 is 0. The van der Waals surface area contributed by atoms with Crippen LogP contribution in [0.2, 0.25) is 10.0 Å². The van der Waals surface area contributed by atoms with E-state index in [9.17, 15) is 9.59 Å². The van der Waals surface area contributed by atoms with E-state index in [-0.39, 0.29) is 16.8 Å². The third kappa shape index (κ3) is 4.30. The predicted octanol–water partition coefficient (Wildman–Crippen LogP) is 6.17. The molecule has 2 N–H and O–H groups in total. The van der Waals surface area contributed by atoms with E-state index in [1.165, 1.54) is 11.8 Å². The first kappa shape index (κ1) is 22.4. The summed E-state index contributed by atoms with van der Waals surface area (Å²) >= 11 is 14.0. The van der Waals surface area contributed by atoms with Crippen LogP contribution in [0.3, 0.4) is 0 Å². The standard InChI is InChI=1S/C23H25Cl2N3O2S/c1-5-11(2)31-22-27-20-19(21(30)28-22)17(12-6-7-13(24)14(25)8-12)18-15(26-20)9-23(3,4)10-16(18)29/h6-8,11,17H,5,9-10H2,1-4H3,(H2,26,27,28,30). The maximum atomic E-state index is 13.3. The Labute approximate surface area is 196 Å². The van der Waals surface area contributed by atoms with E-state index in [1.54, 1.807) is 12.1 Å². The lowest BCUT2D eigenvalue weighted by Gasteiger charge is -2.38. The second-order valence-electron chi connectivity index (χ2n) is 9.03. The monoisotopic (exact) mass is 477 g/mol. The van der Waals surface area contributed by atoms with E-state index >= 15 is 0 Å². The quantitative estimate of drug-likeness (QED) is 0.406. The molecule has 0 radical (unpaired) electrons. The number of hydrogen-bond acceptors (Lipinski definition) is 5. The number of aromatic nitrogens is 2. The summed E-state index contributed by atoms with van der Waals surface area (Å²) in [5, 5.41) is 5.05. The van der Waals surface area contributed by atoms with Crippen molar-refractivity contribution >= 4 is 46.6 Å². The Morgan fingerprint density at radius 1 is 1.23 bits per heavy atom. The molecule has 0 bridgehead atoms. The Hall–Kier alpha value is -1.76. The maximum absolute atomic E-state index is 13.3. The van der Waals surface area contributed by atoms with Crippen molar-refractivity contribution < 1.29 is 4.79 Å². The van der Waals surface area contributed by atoms with Gasteiger partial charge in [-0.15, -0.1) is 0 Å². The fourth-order valence-corrected chi connectivity index (χ4v) is 5.40. The molecule has 1 aliphatic heterocycles. The van der Waals surface area contributed by atoms with Gasteiger partial charge in [0, 0.05) is 28.9 Å². The molecule has 1 aliphatic carbocycles. The molecule has 0 amide bonds. The minimum atomic E-state index is -0.538. The van der Waals surface area contributed by atoms with E-state index < -0.39 is 5.92 Å². The average Bonchev–Trinajstić information content (AvgIpc) is 2.67. The molecule has 0 fully saturated rings. The Morgan fingerprint density at radius 3 is 2.65 bits per heavy atom. The van der Waals surface area contributed by atoms with Crippen LogP contribution in [0.4, 0.5) is 5.82 Å². The number of rotatable bonds is 4. The number of nitrogens with zero attached hydrogens (tertiary/aromatic N) is 1. The zero-order chi connectivity index (χ0) is 22.5. The molecule has 4 rings (SSSR count). The largest absolute Gasteiger partial charge is 0.343 e. The van der Waals surface area contributed by atoms with Crippen LogP contribution >= 0.6 is 35.0 Å². The highest BCUT2D eigenvalue weighted by atomic mass is 35.5. The number of anilines is 1. The summed E-state index contributed by atoms with van der Waals surface area (Å²) in [7, 11) is 0. The fourth-order valence-electron chi connectivity index (χ4n) is 4.25. The minimum absolute atomic E-state index is 0.0397. The highest BCUT2D eigenvalue weighted by molar-refractivity contribution is 7.99. The van der Waals surface area contributed by atoms with Gasteiger partial charge in [-0.05, 0) is 36.0 Å². The summed E-state index contributed by atoms with van der Waals surface area (Å²) in [5.74, 6) is 0.0105. The van der Waals surface area contributed by atoms with Crippen LogP contribution in [-0.4, -0.2) is 21.0 Å². The molecule has 1 aromatic heterocycles. The Kier molecular flexibility index (Phi) is 6.01. The topological polar surface area (TPSA) is 74.8 Å². The van der Waals surface area contributed by atoms with Gasteiger partial charge in [-0.1, -0.05) is 68.7 Å². The number of H-pyrrole nitrogens is 1. The third-order valence-electron chi connectivity index (χ3n) is 5.86. The number of halogens is 2. The van der Waals surface area contributed by atoms with Crippen molar-refractivity contribution in [2.45, 2.75) is 63.3 Å². The molecule has 0 saturated heterocycles. The van der Waals surface area contributed by atoms with Crippen LogP contribution in [0.25, 0.3) is 0 Å². The number of nitrogens with one attached hydrogen (secondary N) is 2. The number of allylic oxidation sites excluding steroid dienone is 2. The lowest BCUT2D eigenvalue weighted by Crippen LogP contribution is -2.37. The molecule has 2 heterocycles. The molecule has 164 valence electrons. The predicted molar refractivity (Wildman–Crippen MR) is 127 cm³/mol. The molecule has 1 aromatic carbocycles.